The van der Waals surface area contributed by atoms with Crippen molar-refractivity contribution in [2.75, 3.05) is 23.8 Å². The molecule has 1 aliphatic heterocycles. The largest absolute Gasteiger partial charge is 0.388 e. The third-order valence-corrected chi connectivity index (χ3v) is 8.57. The number of rotatable bonds is 13. The molecule has 0 aliphatic carbocycles. The van der Waals surface area contributed by atoms with E-state index in [0.29, 0.717) is 42.3 Å². The predicted octanol–water partition coefficient (Wildman–Crippen LogP) is -0.0222. The molecule has 0 aromatic carbocycles. The molecule has 0 saturated carbocycles. The van der Waals surface area contributed by atoms with Gasteiger partial charge in [-0.2, -0.15) is 9.38 Å². The Kier molecular flexibility index (Phi) is 11.1. The van der Waals surface area contributed by atoms with Crippen LogP contribution in [-0.2, 0) is 26.0 Å². The first-order valence-electron chi connectivity index (χ1n) is 12.5. The van der Waals surface area contributed by atoms with Crippen LogP contribution in [0.2, 0.25) is 0 Å². The monoisotopic (exact) mass is 576 g/mol. The highest BCUT2D eigenvalue weighted by atomic mass is 32.2. The zero-order valence-electron chi connectivity index (χ0n) is 21.4. The lowest BCUT2D eigenvalue weighted by atomic mass is 10.0. The summed E-state index contributed by atoms with van der Waals surface area (Å²) in [6, 6.07) is 0. The Hall–Kier alpha value is -2.08. The summed E-state index contributed by atoms with van der Waals surface area (Å²) in [5.41, 5.74) is 5.78. The number of aromatic nitrogens is 4. The molecule has 5 atom stereocenters. The van der Waals surface area contributed by atoms with Crippen LogP contribution in [0.25, 0.3) is 11.2 Å². The fraction of sp³-hybridized carbons (Fsp3) is 0.727. The SMILES string of the molecule is CCCSC(CCO[C@H]1O[C@@H](C)[C@@H](O)[C@@H](O)[C@@H]1O)=NS(=O)(=O)CCCCCn1cnc2c(=O)[nH]c(N)nc21. The Morgan fingerprint density at radius 2 is 2.03 bits per heavy atom. The third kappa shape index (κ3) is 8.21. The highest BCUT2D eigenvalue weighted by Crippen LogP contribution is 2.22. The molecule has 1 aliphatic rings. The van der Waals surface area contributed by atoms with Crippen molar-refractivity contribution in [1.29, 1.82) is 0 Å². The van der Waals surface area contributed by atoms with Gasteiger partial charge >= 0.3 is 0 Å². The smallest absolute Gasteiger partial charge is 0.280 e. The average molecular weight is 577 g/mol. The molecule has 0 spiro atoms. The van der Waals surface area contributed by atoms with Crippen LogP contribution in [0.4, 0.5) is 5.95 Å². The van der Waals surface area contributed by atoms with E-state index in [1.807, 2.05) is 6.92 Å². The number of imidazole rings is 1. The van der Waals surface area contributed by atoms with Gasteiger partial charge in [-0.05, 0) is 31.9 Å². The van der Waals surface area contributed by atoms with E-state index >= 15 is 0 Å². The van der Waals surface area contributed by atoms with Crippen molar-refractivity contribution in [3.05, 3.63) is 16.7 Å². The number of nitrogens with zero attached hydrogens (tertiary/aromatic N) is 4. The summed E-state index contributed by atoms with van der Waals surface area (Å²) in [6.45, 7) is 4.05. The fourth-order valence-electron chi connectivity index (χ4n) is 3.86. The Bertz CT molecular complexity index is 1250. The standard InChI is InChI=1S/C22H36N6O8S2/c1-3-10-37-14(7-9-35-21-18(31)17(30)16(29)13(2)36-21)27-38(33,34)11-6-4-5-8-28-12-24-15-19(28)25-22(23)26-20(15)32/h12-13,16-18,21,29-31H,3-11H2,1-2H3,(H3,23,25,26,32)/t13-,16+,17+,18-,21-/m0/s1. The summed E-state index contributed by atoms with van der Waals surface area (Å²) < 4.78 is 41.9. The topological polar surface area (TPSA) is 215 Å². The maximum absolute atomic E-state index is 12.6. The van der Waals surface area contributed by atoms with Crippen molar-refractivity contribution in [3.63, 3.8) is 0 Å². The number of unbranched alkanes of at least 4 members (excludes halogenated alkanes) is 2. The normalized spacial score (nSPS) is 24.8. The molecule has 0 bridgehead atoms. The van der Waals surface area contributed by atoms with Gasteiger partial charge < -0.3 is 35.1 Å². The molecule has 2 aromatic rings. The molecule has 0 amide bonds. The van der Waals surface area contributed by atoms with Gasteiger partial charge in [0, 0.05) is 13.0 Å². The molecule has 6 N–H and O–H groups in total. The van der Waals surface area contributed by atoms with E-state index in [1.165, 1.54) is 18.1 Å². The maximum atomic E-state index is 12.6. The van der Waals surface area contributed by atoms with Crippen LogP contribution < -0.4 is 11.3 Å². The van der Waals surface area contributed by atoms with Crippen LogP contribution in [0.5, 0.6) is 0 Å². The first kappa shape index (κ1) is 30.5. The second-order valence-electron chi connectivity index (χ2n) is 9.04. The highest BCUT2D eigenvalue weighted by molar-refractivity contribution is 8.14. The first-order chi connectivity index (χ1) is 18.0. The van der Waals surface area contributed by atoms with Crippen LogP contribution in [0.15, 0.2) is 15.5 Å². The molecular formula is C22H36N6O8S2. The van der Waals surface area contributed by atoms with Gasteiger partial charge in [0.25, 0.3) is 15.6 Å². The summed E-state index contributed by atoms with van der Waals surface area (Å²) >= 11 is 1.33. The highest BCUT2D eigenvalue weighted by Gasteiger charge is 2.42. The van der Waals surface area contributed by atoms with Crippen molar-refractivity contribution in [1.82, 2.24) is 19.5 Å². The predicted molar refractivity (Wildman–Crippen MR) is 143 cm³/mol. The Labute approximate surface area is 224 Å². The number of nitrogen functional groups attached to an aromatic ring is 1. The number of anilines is 1. The number of aryl methyl sites for hydroxylation is 1. The van der Waals surface area contributed by atoms with Crippen molar-refractivity contribution in [3.8, 4) is 0 Å². The number of sulfonamides is 1. The number of ether oxygens (including phenoxy) is 2. The maximum Gasteiger partial charge on any atom is 0.280 e. The van der Waals surface area contributed by atoms with Gasteiger partial charge in [0.1, 0.15) is 18.3 Å². The van der Waals surface area contributed by atoms with Crippen molar-refractivity contribution in [2.24, 2.45) is 4.40 Å². The van der Waals surface area contributed by atoms with E-state index in [0.717, 1.165) is 6.42 Å². The minimum Gasteiger partial charge on any atom is -0.388 e. The average Bonchev–Trinajstić information content (AvgIpc) is 3.26. The third-order valence-electron chi connectivity index (χ3n) is 5.91. The van der Waals surface area contributed by atoms with Gasteiger partial charge in [0.15, 0.2) is 17.5 Å². The van der Waals surface area contributed by atoms with E-state index < -0.39 is 46.3 Å². The quantitative estimate of drug-likeness (QED) is 0.121. The molecule has 16 heteroatoms. The van der Waals surface area contributed by atoms with Gasteiger partial charge in [0.05, 0.1) is 29.8 Å². The van der Waals surface area contributed by atoms with E-state index in [9.17, 15) is 28.5 Å². The second kappa shape index (κ2) is 13.8. The Balaban J connectivity index is 1.48. The molecule has 1 fully saturated rings. The summed E-state index contributed by atoms with van der Waals surface area (Å²) in [4.78, 5) is 22.4. The number of aromatic amines is 1. The number of nitrogens with two attached hydrogens (primary N) is 1. The molecule has 2 aromatic heterocycles. The molecule has 1 saturated heterocycles. The van der Waals surface area contributed by atoms with Crippen LogP contribution in [-0.4, -0.2) is 97.1 Å². The lowest BCUT2D eigenvalue weighted by Crippen LogP contribution is -2.57. The van der Waals surface area contributed by atoms with E-state index in [4.69, 9.17) is 15.2 Å². The summed E-state index contributed by atoms with van der Waals surface area (Å²) in [5.74, 6) is 0.564. The van der Waals surface area contributed by atoms with Crippen LogP contribution in [0.1, 0.15) is 46.0 Å². The molecule has 0 unspecified atom stereocenters. The number of thioether (sulfide) groups is 1. The molecule has 38 heavy (non-hydrogen) atoms. The van der Waals surface area contributed by atoms with E-state index in [1.54, 1.807) is 11.5 Å². The van der Waals surface area contributed by atoms with Crippen LogP contribution in [0.3, 0.4) is 0 Å². The van der Waals surface area contributed by atoms with Crippen molar-refractivity contribution in [2.45, 2.75) is 83.2 Å². The molecule has 14 nitrogen and oxygen atoms in total. The lowest BCUT2D eigenvalue weighted by Gasteiger charge is -2.38. The van der Waals surface area contributed by atoms with Gasteiger partial charge in [-0.25, -0.2) is 13.4 Å². The van der Waals surface area contributed by atoms with E-state index in [-0.39, 0.29) is 30.2 Å². The number of hydrogen-bond donors (Lipinski definition) is 5. The second-order valence-corrected chi connectivity index (χ2v) is 12.0. The van der Waals surface area contributed by atoms with E-state index in [2.05, 4.69) is 19.3 Å². The summed E-state index contributed by atoms with van der Waals surface area (Å²) in [7, 11) is -3.72. The minimum absolute atomic E-state index is 0.00347. The number of nitrogens with one attached hydrogen (secondary N) is 1. The van der Waals surface area contributed by atoms with Gasteiger partial charge in [-0.1, -0.05) is 13.3 Å². The molecule has 0 radical (unpaired) electrons. The molecule has 214 valence electrons. The Morgan fingerprint density at radius 1 is 1.26 bits per heavy atom. The van der Waals surface area contributed by atoms with Gasteiger partial charge in [-0.3, -0.25) is 9.78 Å². The Morgan fingerprint density at radius 3 is 2.76 bits per heavy atom. The first-order valence-corrected chi connectivity index (χ1v) is 15.1. The molecule has 3 rings (SSSR count). The van der Waals surface area contributed by atoms with Crippen molar-refractivity contribution >= 4 is 43.9 Å². The number of H-pyrrole nitrogens is 1. The fourth-order valence-corrected chi connectivity index (χ4v) is 6.14. The van der Waals surface area contributed by atoms with Gasteiger partial charge in [0.2, 0.25) is 5.95 Å². The number of hydrogen-bond acceptors (Lipinski definition) is 12. The minimum atomic E-state index is -3.72. The number of aliphatic hydroxyl groups excluding tert-OH is 3. The number of fused-ring (bicyclic) bond motifs is 1. The zero-order chi connectivity index (χ0) is 27.9. The summed E-state index contributed by atoms with van der Waals surface area (Å²) in [5, 5.41) is 30.2. The molecule has 3 heterocycles. The zero-order valence-corrected chi connectivity index (χ0v) is 23.0. The van der Waals surface area contributed by atoms with Crippen LogP contribution >= 0.6 is 11.8 Å². The van der Waals surface area contributed by atoms with Crippen LogP contribution in [0, 0.1) is 0 Å². The molecular weight excluding hydrogens is 540 g/mol. The van der Waals surface area contributed by atoms with Crippen molar-refractivity contribution < 1.29 is 33.2 Å². The number of aliphatic hydroxyl groups is 3. The van der Waals surface area contributed by atoms with Gasteiger partial charge in [-0.15, -0.1) is 11.8 Å². The lowest BCUT2D eigenvalue weighted by molar-refractivity contribution is -0.292. The summed E-state index contributed by atoms with van der Waals surface area (Å²) in [6.07, 6.45) is -1.76.